The van der Waals surface area contributed by atoms with Crippen LogP contribution in [0.5, 0.6) is 0 Å². The molecule has 2 N–H and O–H groups in total. The summed E-state index contributed by atoms with van der Waals surface area (Å²) in [6.45, 7) is 4.68. The Kier molecular flexibility index (Phi) is 3.41. The van der Waals surface area contributed by atoms with E-state index in [-0.39, 0.29) is 0 Å². The Balaban J connectivity index is 2.13. The van der Waals surface area contributed by atoms with Gasteiger partial charge in [-0.15, -0.1) is 0 Å². The molecule has 1 saturated heterocycles. The maximum absolute atomic E-state index is 5.68. The normalized spacial score (nSPS) is 32.0. The molecule has 1 aliphatic rings. The summed E-state index contributed by atoms with van der Waals surface area (Å²) in [6, 6.07) is 8.47. The van der Waals surface area contributed by atoms with Gasteiger partial charge in [0.1, 0.15) is 0 Å². The second-order valence-corrected chi connectivity index (χ2v) is 15.2. The van der Waals surface area contributed by atoms with E-state index in [1.54, 1.807) is 0 Å². The van der Waals surface area contributed by atoms with Gasteiger partial charge in [-0.1, -0.05) is 0 Å². The minimum absolute atomic E-state index is 0.817. The molecule has 2 atom stereocenters. The predicted octanol–water partition coefficient (Wildman–Crippen LogP) is 2.22. The van der Waals surface area contributed by atoms with E-state index < -0.39 is 12.3 Å². The summed E-state index contributed by atoms with van der Waals surface area (Å²) < 4.78 is 1.54. The second-order valence-electron chi connectivity index (χ2n) is 3.47. The molecule has 1 aromatic carbocycles. The third kappa shape index (κ3) is 2.26. The number of anilines is 1. The average molecular weight is 287 g/mol. The van der Waals surface area contributed by atoms with Crippen LogP contribution in [0.25, 0.3) is 0 Å². The molecule has 4 heteroatoms. The third-order valence-electron chi connectivity index (χ3n) is 2.29. The van der Waals surface area contributed by atoms with Crippen molar-refractivity contribution in [3.05, 3.63) is 24.3 Å². The van der Waals surface area contributed by atoms with Gasteiger partial charge in [-0.25, -0.2) is 0 Å². The molecule has 2 unspecified atom stereocenters. The van der Waals surface area contributed by atoms with Crippen LogP contribution in [-0.4, -0.2) is 22.8 Å². The van der Waals surface area contributed by atoms with Gasteiger partial charge in [0.2, 0.25) is 0 Å². The fourth-order valence-electron chi connectivity index (χ4n) is 1.22. The molecule has 2 rings (SSSR count). The molecule has 76 valence electrons. The average Bonchev–Trinajstić information content (AvgIpc) is 2.48. The van der Waals surface area contributed by atoms with Gasteiger partial charge in [-0.3, -0.25) is 0 Å². The Labute approximate surface area is 96.4 Å². The zero-order chi connectivity index (χ0) is 10.1. The molecular formula is C10H14AsNS2. The Hall–Kier alpha value is 0.278. The van der Waals surface area contributed by atoms with Crippen LogP contribution in [0.4, 0.5) is 5.69 Å². The van der Waals surface area contributed by atoms with E-state index in [9.17, 15) is 0 Å². The second kappa shape index (κ2) is 4.42. The SMILES string of the molecule is CC1S[As](c2ccc(N)cc2)SC1C. The summed E-state index contributed by atoms with van der Waals surface area (Å²) >= 11 is -0.868. The van der Waals surface area contributed by atoms with Crippen LogP contribution in [0.15, 0.2) is 24.3 Å². The zero-order valence-corrected chi connectivity index (χ0v) is 11.8. The molecule has 0 aliphatic carbocycles. The Bertz CT molecular complexity index is 304. The van der Waals surface area contributed by atoms with Crippen molar-refractivity contribution in [3.8, 4) is 0 Å². The zero-order valence-electron chi connectivity index (χ0n) is 8.31. The predicted molar refractivity (Wildman–Crippen MR) is 70.3 cm³/mol. The summed E-state index contributed by atoms with van der Waals surface area (Å²) in [5.74, 6) is 0. The fourth-order valence-corrected chi connectivity index (χ4v) is 18.9. The summed E-state index contributed by atoms with van der Waals surface area (Å²) in [5, 5.41) is 1.63. The van der Waals surface area contributed by atoms with E-state index in [0.29, 0.717) is 0 Å². The summed E-state index contributed by atoms with van der Waals surface area (Å²) in [7, 11) is 4.40. The Morgan fingerprint density at radius 3 is 2.07 bits per heavy atom. The fraction of sp³-hybridized carbons (Fsp3) is 0.400. The van der Waals surface area contributed by atoms with Crippen molar-refractivity contribution in [2.45, 2.75) is 24.3 Å². The number of benzene rings is 1. The number of hydrogen-bond acceptors (Lipinski definition) is 3. The van der Waals surface area contributed by atoms with Crippen LogP contribution in [0.3, 0.4) is 0 Å². The molecule has 0 amide bonds. The maximum atomic E-state index is 5.68. The topological polar surface area (TPSA) is 26.0 Å². The quantitative estimate of drug-likeness (QED) is 0.633. The van der Waals surface area contributed by atoms with E-state index in [1.807, 2.05) is 12.1 Å². The van der Waals surface area contributed by atoms with Gasteiger partial charge in [-0.05, 0) is 0 Å². The third-order valence-corrected chi connectivity index (χ3v) is 17.3. The van der Waals surface area contributed by atoms with Crippen molar-refractivity contribution in [1.29, 1.82) is 0 Å². The van der Waals surface area contributed by atoms with Crippen LogP contribution in [0, 0.1) is 0 Å². The molecule has 1 nitrogen and oxygen atoms in total. The van der Waals surface area contributed by atoms with Crippen molar-refractivity contribution in [1.82, 2.24) is 0 Å². The van der Waals surface area contributed by atoms with Crippen LogP contribution in [0.1, 0.15) is 13.8 Å². The minimum atomic E-state index is -0.868. The molecule has 1 fully saturated rings. The van der Waals surface area contributed by atoms with E-state index >= 15 is 0 Å². The Morgan fingerprint density at radius 1 is 1.07 bits per heavy atom. The van der Waals surface area contributed by atoms with Crippen molar-refractivity contribution in [2.24, 2.45) is 0 Å². The Morgan fingerprint density at radius 2 is 1.57 bits per heavy atom. The van der Waals surface area contributed by atoms with E-state index in [4.69, 9.17) is 5.73 Å². The van der Waals surface area contributed by atoms with E-state index in [2.05, 4.69) is 46.0 Å². The number of hydrogen-bond donors (Lipinski definition) is 1. The standard InChI is InChI=1S/C10H14AsNS2/c1-7-8(2)14-11(13-7)9-3-5-10(12)6-4-9/h3-8H,12H2,1-2H3. The van der Waals surface area contributed by atoms with Crippen LogP contribution in [0.2, 0.25) is 0 Å². The van der Waals surface area contributed by atoms with Gasteiger partial charge in [0.25, 0.3) is 0 Å². The molecule has 1 aromatic rings. The number of nitrogen functional groups attached to an aromatic ring is 1. The molecule has 0 bridgehead atoms. The number of nitrogens with two attached hydrogens (primary N) is 1. The molecule has 0 saturated carbocycles. The van der Waals surface area contributed by atoms with Crippen molar-refractivity contribution >= 4 is 42.4 Å². The van der Waals surface area contributed by atoms with Gasteiger partial charge in [0.05, 0.1) is 0 Å². The van der Waals surface area contributed by atoms with Gasteiger partial charge in [0, 0.05) is 0 Å². The first-order valence-corrected chi connectivity index (χ1v) is 11.9. The number of rotatable bonds is 1. The van der Waals surface area contributed by atoms with Gasteiger partial charge >= 0.3 is 96.8 Å². The molecule has 0 spiro atoms. The molecule has 14 heavy (non-hydrogen) atoms. The molecule has 1 heterocycles. The van der Waals surface area contributed by atoms with Crippen molar-refractivity contribution in [3.63, 3.8) is 0 Å². The monoisotopic (exact) mass is 287 g/mol. The first kappa shape index (κ1) is 10.8. The first-order chi connectivity index (χ1) is 6.66. The van der Waals surface area contributed by atoms with Crippen LogP contribution >= 0.6 is 20.0 Å². The van der Waals surface area contributed by atoms with Gasteiger partial charge in [0.15, 0.2) is 0 Å². The first-order valence-electron chi connectivity index (χ1n) is 4.66. The summed E-state index contributed by atoms with van der Waals surface area (Å²) in [5.41, 5.74) is 6.56. The van der Waals surface area contributed by atoms with Crippen LogP contribution in [-0.2, 0) is 0 Å². The van der Waals surface area contributed by atoms with Gasteiger partial charge < -0.3 is 0 Å². The van der Waals surface area contributed by atoms with E-state index in [1.165, 1.54) is 4.35 Å². The van der Waals surface area contributed by atoms with E-state index in [0.717, 1.165) is 16.2 Å². The van der Waals surface area contributed by atoms with Crippen molar-refractivity contribution < 1.29 is 0 Å². The molecular weight excluding hydrogens is 273 g/mol. The van der Waals surface area contributed by atoms with Gasteiger partial charge in [-0.2, -0.15) is 0 Å². The molecule has 0 radical (unpaired) electrons. The summed E-state index contributed by atoms with van der Waals surface area (Å²) in [6.07, 6.45) is 0. The van der Waals surface area contributed by atoms with Crippen molar-refractivity contribution in [2.75, 3.05) is 5.73 Å². The van der Waals surface area contributed by atoms with Crippen LogP contribution < -0.4 is 10.1 Å². The summed E-state index contributed by atoms with van der Waals surface area (Å²) in [4.78, 5) is 0. The molecule has 1 aliphatic heterocycles. The molecule has 0 aromatic heterocycles.